The first-order chi connectivity index (χ1) is 32.0. The van der Waals surface area contributed by atoms with E-state index in [1.807, 2.05) is 0 Å². The Bertz CT molecular complexity index is 3780. The monoisotopic (exact) mass is 824 g/mol. The van der Waals surface area contributed by atoms with Gasteiger partial charge in [-0.05, 0) is 156 Å². The Morgan fingerprint density at radius 3 is 0.969 bits per heavy atom. The van der Waals surface area contributed by atoms with E-state index >= 15 is 0 Å². The fourth-order valence-electron chi connectivity index (χ4n) is 11.4. The molecule has 12 aromatic rings. The van der Waals surface area contributed by atoms with Crippen molar-refractivity contribution in [2.24, 2.45) is 0 Å². The van der Waals surface area contributed by atoms with Crippen LogP contribution in [-0.2, 0) is 5.41 Å². The molecule has 0 fully saturated rings. The quantitative estimate of drug-likeness (QED) is 0.152. The molecule has 0 aromatic heterocycles. The first-order valence-electron chi connectivity index (χ1n) is 22.8. The molecule has 12 aromatic carbocycles. The van der Waals surface area contributed by atoms with Gasteiger partial charge in [0.05, 0.1) is 0 Å². The molecule has 65 heavy (non-hydrogen) atoms. The summed E-state index contributed by atoms with van der Waals surface area (Å²) < 4.78 is 0. The molecule has 1 aliphatic rings. The molecule has 0 radical (unpaired) electrons. The van der Waals surface area contributed by atoms with E-state index in [1.54, 1.807) is 0 Å². The SMILES string of the molecule is CC1(C)c2cc(-c3c4ccccc4c(-c4ccccc4)c4ccccc34)ccc2-c2ccc(-c3c4ccccc4c(-c4cc5ccccc5cc4-c4ccccc4)c4ccccc34)cc21. The lowest BCUT2D eigenvalue weighted by molar-refractivity contribution is 0.661. The number of hydrogen-bond acceptors (Lipinski definition) is 0. The van der Waals surface area contributed by atoms with Crippen LogP contribution in [0, 0.1) is 0 Å². The smallest absolute Gasteiger partial charge is 0.0159 e. The Labute approximate surface area is 379 Å². The summed E-state index contributed by atoms with van der Waals surface area (Å²) in [6.45, 7) is 4.84. The molecule has 0 heteroatoms. The van der Waals surface area contributed by atoms with Crippen LogP contribution in [0.1, 0.15) is 25.0 Å². The van der Waals surface area contributed by atoms with Crippen molar-refractivity contribution in [2.45, 2.75) is 19.3 Å². The van der Waals surface area contributed by atoms with E-state index in [0.29, 0.717) is 0 Å². The number of rotatable bonds is 5. The standard InChI is InChI=1S/C65H44/c1-65(2)59-39-45(62-51-27-13-11-25-49(51)61(42-21-7-4-8-22-42)50-26-12-14-28-52(50)62)33-35-47(59)48-36-34-46(40-60(48)65)63-53-29-15-17-31-55(53)64(56-32-18-16-30-54(56)63)58-38-44-24-10-9-23-43(44)37-57(58)41-19-5-3-6-20-41/h3-40H,1-2H3. The number of hydrogen-bond donors (Lipinski definition) is 0. The molecule has 0 saturated carbocycles. The van der Waals surface area contributed by atoms with Crippen LogP contribution in [0.5, 0.6) is 0 Å². The average molecular weight is 825 g/mol. The van der Waals surface area contributed by atoms with Crippen molar-refractivity contribution >= 4 is 53.9 Å². The molecular weight excluding hydrogens is 781 g/mol. The number of benzene rings is 12. The molecule has 0 heterocycles. The van der Waals surface area contributed by atoms with Crippen molar-refractivity contribution in [3.63, 3.8) is 0 Å². The summed E-state index contributed by atoms with van der Waals surface area (Å²) in [7, 11) is 0. The van der Waals surface area contributed by atoms with Crippen molar-refractivity contribution < 1.29 is 0 Å². The van der Waals surface area contributed by atoms with Crippen LogP contribution in [0.2, 0.25) is 0 Å². The van der Waals surface area contributed by atoms with Crippen molar-refractivity contribution in [1.82, 2.24) is 0 Å². The van der Waals surface area contributed by atoms with Gasteiger partial charge in [0.25, 0.3) is 0 Å². The molecule has 0 atom stereocenters. The zero-order chi connectivity index (χ0) is 43.2. The first-order valence-corrected chi connectivity index (χ1v) is 22.8. The van der Waals surface area contributed by atoms with Gasteiger partial charge in [0.15, 0.2) is 0 Å². The van der Waals surface area contributed by atoms with Crippen molar-refractivity contribution in [3.05, 3.63) is 242 Å². The molecule has 0 aliphatic heterocycles. The zero-order valence-corrected chi connectivity index (χ0v) is 36.4. The molecule has 0 unspecified atom stereocenters. The fourth-order valence-corrected chi connectivity index (χ4v) is 11.4. The van der Waals surface area contributed by atoms with Gasteiger partial charge in [-0.3, -0.25) is 0 Å². The summed E-state index contributed by atoms with van der Waals surface area (Å²) >= 11 is 0. The normalized spacial score (nSPS) is 12.9. The Kier molecular flexibility index (Phi) is 8.36. The zero-order valence-electron chi connectivity index (χ0n) is 36.4. The Hall–Kier alpha value is -8.06. The minimum absolute atomic E-state index is 0.229. The van der Waals surface area contributed by atoms with Gasteiger partial charge in [0.2, 0.25) is 0 Å². The molecule has 1 aliphatic carbocycles. The van der Waals surface area contributed by atoms with Crippen molar-refractivity contribution in [2.75, 3.05) is 0 Å². The van der Waals surface area contributed by atoms with Crippen LogP contribution in [0.3, 0.4) is 0 Å². The van der Waals surface area contributed by atoms with Crippen LogP contribution >= 0.6 is 0 Å². The fraction of sp³-hybridized carbons (Fsp3) is 0.0462. The minimum Gasteiger partial charge on any atom is -0.0622 e. The highest BCUT2D eigenvalue weighted by Gasteiger charge is 2.36. The van der Waals surface area contributed by atoms with E-state index in [0.717, 1.165) is 0 Å². The summed E-state index contributed by atoms with van der Waals surface area (Å²) in [4.78, 5) is 0. The molecule has 0 bridgehead atoms. The maximum atomic E-state index is 2.51. The minimum atomic E-state index is -0.229. The Morgan fingerprint density at radius 1 is 0.231 bits per heavy atom. The van der Waals surface area contributed by atoms with Crippen LogP contribution in [-0.4, -0.2) is 0 Å². The van der Waals surface area contributed by atoms with Gasteiger partial charge in [-0.1, -0.05) is 220 Å². The Morgan fingerprint density at radius 2 is 0.554 bits per heavy atom. The van der Waals surface area contributed by atoms with Gasteiger partial charge in [0.1, 0.15) is 0 Å². The predicted octanol–water partition coefficient (Wildman–Crippen LogP) is 18.1. The summed E-state index contributed by atoms with van der Waals surface area (Å²) in [6, 6.07) is 85.9. The summed E-state index contributed by atoms with van der Waals surface area (Å²) in [5, 5.41) is 12.7. The van der Waals surface area contributed by atoms with Gasteiger partial charge in [-0.2, -0.15) is 0 Å². The first kappa shape index (κ1) is 37.5. The van der Waals surface area contributed by atoms with Gasteiger partial charge in [0, 0.05) is 5.41 Å². The second kappa shape index (κ2) is 14.5. The van der Waals surface area contributed by atoms with E-state index in [-0.39, 0.29) is 5.41 Å². The predicted molar refractivity (Wildman–Crippen MR) is 279 cm³/mol. The highest BCUT2D eigenvalue weighted by atomic mass is 14.4. The average Bonchev–Trinajstić information content (AvgIpc) is 3.59. The maximum Gasteiger partial charge on any atom is 0.0159 e. The van der Waals surface area contributed by atoms with E-state index in [4.69, 9.17) is 0 Å². The molecule has 0 saturated heterocycles. The highest BCUT2D eigenvalue weighted by Crippen LogP contribution is 2.54. The van der Waals surface area contributed by atoms with Gasteiger partial charge in [-0.25, -0.2) is 0 Å². The van der Waals surface area contributed by atoms with Crippen molar-refractivity contribution in [1.29, 1.82) is 0 Å². The molecule has 304 valence electrons. The molecule has 0 spiro atoms. The van der Waals surface area contributed by atoms with Gasteiger partial charge < -0.3 is 0 Å². The maximum absolute atomic E-state index is 2.51. The molecule has 0 N–H and O–H groups in total. The van der Waals surface area contributed by atoms with Crippen LogP contribution < -0.4 is 0 Å². The third-order valence-electron chi connectivity index (χ3n) is 14.4. The number of fused-ring (bicyclic) bond motifs is 8. The summed E-state index contributed by atoms with van der Waals surface area (Å²) in [5.74, 6) is 0. The van der Waals surface area contributed by atoms with Crippen molar-refractivity contribution in [3.8, 4) is 66.8 Å². The second-order valence-electron chi connectivity index (χ2n) is 18.3. The van der Waals surface area contributed by atoms with Crippen LogP contribution in [0.25, 0.3) is 121 Å². The third kappa shape index (κ3) is 5.70. The van der Waals surface area contributed by atoms with E-state index in [2.05, 4.69) is 244 Å². The van der Waals surface area contributed by atoms with Crippen LogP contribution in [0.15, 0.2) is 231 Å². The van der Waals surface area contributed by atoms with Gasteiger partial charge in [-0.15, -0.1) is 0 Å². The second-order valence-corrected chi connectivity index (χ2v) is 18.3. The topological polar surface area (TPSA) is 0 Å². The molecule has 0 amide bonds. The Balaban J connectivity index is 0.994. The lowest BCUT2D eigenvalue weighted by Gasteiger charge is -2.24. The largest absolute Gasteiger partial charge is 0.0622 e. The summed E-state index contributed by atoms with van der Waals surface area (Å²) in [5.41, 5.74) is 17.8. The molecular formula is C65H44. The van der Waals surface area contributed by atoms with Crippen LogP contribution in [0.4, 0.5) is 0 Å². The third-order valence-corrected chi connectivity index (χ3v) is 14.4. The van der Waals surface area contributed by atoms with Gasteiger partial charge >= 0.3 is 0 Å². The lowest BCUT2D eigenvalue weighted by atomic mass is 9.79. The highest BCUT2D eigenvalue weighted by molar-refractivity contribution is 6.24. The molecule has 13 rings (SSSR count). The molecule has 0 nitrogen and oxygen atoms in total. The van der Waals surface area contributed by atoms with E-state index < -0.39 is 0 Å². The lowest BCUT2D eigenvalue weighted by Crippen LogP contribution is -2.15. The van der Waals surface area contributed by atoms with E-state index in [9.17, 15) is 0 Å². The summed E-state index contributed by atoms with van der Waals surface area (Å²) in [6.07, 6.45) is 0. The van der Waals surface area contributed by atoms with E-state index in [1.165, 1.54) is 132 Å².